The summed E-state index contributed by atoms with van der Waals surface area (Å²) >= 11 is 0. The van der Waals surface area contributed by atoms with Gasteiger partial charge in [-0.25, -0.2) is 4.18 Å². The molecule has 2 aromatic carbocycles. The van der Waals surface area contributed by atoms with Gasteiger partial charge in [0.25, 0.3) is 10.1 Å². The Morgan fingerprint density at radius 3 is 2.00 bits per heavy atom. The van der Waals surface area contributed by atoms with E-state index >= 15 is 0 Å². The first-order chi connectivity index (χ1) is 11.1. The summed E-state index contributed by atoms with van der Waals surface area (Å²) in [6.07, 6.45) is -6.74. The van der Waals surface area contributed by atoms with Crippen LogP contribution in [-0.2, 0) is 20.7 Å². The number of hydrogen-bond acceptors (Lipinski definition) is 3. The van der Waals surface area contributed by atoms with E-state index in [1.807, 2.05) is 6.92 Å². The average molecular weight is 358 g/mol. The number of halogens is 3. The molecule has 0 N–H and O–H groups in total. The molecule has 0 spiro atoms. The molecule has 0 amide bonds. The minimum absolute atomic E-state index is 0.254. The van der Waals surface area contributed by atoms with Crippen LogP contribution >= 0.6 is 0 Å². The number of rotatable bonds is 5. The molecule has 0 aliphatic rings. The lowest BCUT2D eigenvalue weighted by molar-refractivity contribution is -0.196. The Kier molecular flexibility index (Phi) is 5.35. The van der Waals surface area contributed by atoms with Gasteiger partial charge in [-0.15, -0.1) is 0 Å². The van der Waals surface area contributed by atoms with Crippen LogP contribution in [0.1, 0.15) is 29.7 Å². The summed E-state index contributed by atoms with van der Waals surface area (Å²) in [5.41, 5.74) is 1.38. The molecule has 2 rings (SSSR count). The zero-order valence-corrected chi connectivity index (χ0v) is 14.0. The highest BCUT2D eigenvalue weighted by atomic mass is 32.2. The van der Waals surface area contributed by atoms with Crippen LogP contribution in [0.15, 0.2) is 53.4 Å². The zero-order valence-electron chi connectivity index (χ0n) is 13.2. The summed E-state index contributed by atoms with van der Waals surface area (Å²) in [6.45, 7) is 3.61. The fourth-order valence-electron chi connectivity index (χ4n) is 2.11. The van der Waals surface area contributed by atoms with Crippen molar-refractivity contribution in [2.75, 3.05) is 0 Å². The summed E-state index contributed by atoms with van der Waals surface area (Å²) in [7, 11) is -4.54. The first-order valence-corrected chi connectivity index (χ1v) is 8.70. The lowest BCUT2D eigenvalue weighted by Gasteiger charge is -2.21. The van der Waals surface area contributed by atoms with Crippen LogP contribution < -0.4 is 0 Å². The van der Waals surface area contributed by atoms with Crippen LogP contribution in [0.2, 0.25) is 0 Å². The molecule has 0 saturated heterocycles. The Morgan fingerprint density at radius 1 is 1.00 bits per heavy atom. The maximum absolute atomic E-state index is 13.3. The van der Waals surface area contributed by atoms with Crippen molar-refractivity contribution in [3.8, 4) is 0 Å². The quantitative estimate of drug-likeness (QED) is 0.736. The molecule has 7 heteroatoms. The molecule has 1 unspecified atom stereocenters. The molecule has 0 saturated carbocycles. The van der Waals surface area contributed by atoms with E-state index in [1.165, 1.54) is 48.5 Å². The SMILES string of the molecule is CCc1ccc(C(OS(=O)(=O)c2ccc(C)cc2)C(F)(F)F)cc1. The Balaban J connectivity index is 2.36. The summed E-state index contributed by atoms with van der Waals surface area (Å²) in [5.74, 6) is 0. The van der Waals surface area contributed by atoms with Gasteiger partial charge < -0.3 is 0 Å². The highest BCUT2D eigenvalue weighted by Gasteiger charge is 2.45. The standard InChI is InChI=1S/C17H17F3O3S/c1-3-13-6-8-14(9-7-13)16(17(18,19)20)23-24(21,22)15-10-4-12(2)5-11-15/h4-11,16H,3H2,1-2H3. The van der Waals surface area contributed by atoms with Crippen LogP contribution in [0.3, 0.4) is 0 Å². The van der Waals surface area contributed by atoms with E-state index in [1.54, 1.807) is 6.92 Å². The van der Waals surface area contributed by atoms with E-state index in [2.05, 4.69) is 4.18 Å². The van der Waals surface area contributed by atoms with Gasteiger partial charge in [0.05, 0.1) is 4.90 Å². The molecular formula is C17H17F3O3S. The van der Waals surface area contributed by atoms with Gasteiger partial charge in [-0.3, -0.25) is 0 Å². The second kappa shape index (κ2) is 6.94. The van der Waals surface area contributed by atoms with Crippen molar-refractivity contribution in [1.29, 1.82) is 0 Å². The van der Waals surface area contributed by atoms with Crippen molar-refractivity contribution < 1.29 is 25.8 Å². The minimum atomic E-state index is -4.86. The topological polar surface area (TPSA) is 43.4 Å². The Labute approximate surface area is 139 Å². The average Bonchev–Trinajstić information content (AvgIpc) is 2.52. The largest absolute Gasteiger partial charge is 0.420 e. The molecule has 130 valence electrons. The molecule has 0 radical (unpaired) electrons. The Bertz CT molecular complexity index is 779. The summed E-state index contributed by atoms with van der Waals surface area (Å²) in [4.78, 5) is -0.312. The van der Waals surface area contributed by atoms with Crippen molar-refractivity contribution in [2.24, 2.45) is 0 Å². The van der Waals surface area contributed by atoms with E-state index < -0.39 is 22.4 Å². The molecule has 0 fully saturated rings. The van der Waals surface area contributed by atoms with Crippen LogP contribution in [0.4, 0.5) is 13.2 Å². The molecular weight excluding hydrogens is 341 g/mol. The van der Waals surface area contributed by atoms with Gasteiger partial charge in [-0.05, 0) is 36.6 Å². The van der Waals surface area contributed by atoms with E-state index in [4.69, 9.17) is 0 Å². The van der Waals surface area contributed by atoms with Crippen LogP contribution in [-0.4, -0.2) is 14.6 Å². The monoisotopic (exact) mass is 358 g/mol. The van der Waals surface area contributed by atoms with Crippen molar-refractivity contribution in [2.45, 2.75) is 37.4 Å². The van der Waals surface area contributed by atoms with Gasteiger partial charge in [0.2, 0.25) is 0 Å². The third-order valence-corrected chi connectivity index (χ3v) is 4.82. The van der Waals surface area contributed by atoms with Crippen LogP contribution in [0.5, 0.6) is 0 Å². The van der Waals surface area contributed by atoms with Gasteiger partial charge in [0.15, 0.2) is 6.10 Å². The normalized spacial score (nSPS) is 13.7. The summed E-state index contributed by atoms with van der Waals surface area (Å²) in [6, 6.07) is 11.0. The second-order valence-corrected chi connectivity index (χ2v) is 6.95. The lowest BCUT2D eigenvalue weighted by atomic mass is 10.1. The van der Waals surface area contributed by atoms with Crippen molar-refractivity contribution in [1.82, 2.24) is 0 Å². The Hall–Kier alpha value is -1.86. The summed E-state index contributed by atoms with van der Waals surface area (Å²) < 4.78 is 68.8. The fourth-order valence-corrected chi connectivity index (χ4v) is 3.17. The molecule has 24 heavy (non-hydrogen) atoms. The van der Waals surface area contributed by atoms with E-state index in [-0.39, 0.29) is 10.5 Å². The number of aryl methyl sites for hydroxylation is 2. The van der Waals surface area contributed by atoms with Gasteiger partial charge in [-0.1, -0.05) is 48.9 Å². The maximum Gasteiger partial charge on any atom is 0.420 e. The van der Waals surface area contributed by atoms with Crippen molar-refractivity contribution in [3.63, 3.8) is 0 Å². The first kappa shape index (κ1) is 18.5. The lowest BCUT2D eigenvalue weighted by Crippen LogP contribution is -2.26. The maximum atomic E-state index is 13.3. The van der Waals surface area contributed by atoms with Gasteiger partial charge in [0, 0.05) is 0 Å². The van der Waals surface area contributed by atoms with Crippen LogP contribution in [0, 0.1) is 6.92 Å². The highest BCUT2D eigenvalue weighted by molar-refractivity contribution is 7.86. The molecule has 0 heterocycles. The molecule has 0 aliphatic heterocycles. The van der Waals surface area contributed by atoms with Gasteiger partial charge >= 0.3 is 6.18 Å². The third kappa shape index (κ3) is 4.36. The Morgan fingerprint density at radius 2 is 1.54 bits per heavy atom. The molecule has 0 aromatic heterocycles. The van der Waals surface area contributed by atoms with E-state index in [0.717, 1.165) is 11.1 Å². The predicted octanol–water partition coefficient (Wildman–Crippen LogP) is 4.57. The van der Waals surface area contributed by atoms with Crippen molar-refractivity contribution >= 4 is 10.1 Å². The predicted molar refractivity (Wildman–Crippen MR) is 84.1 cm³/mol. The molecule has 0 bridgehead atoms. The zero-order chi connectivity index (χ0) is 18.0. The molecule has 0 aliphatic carbocycles. The van der Waals surface area contributed by atoms with Crippen LogP contribution in [0.25, 0.3) is 0 Å². The van der Waals surface area contributed by atoms with Gasteiger partial charge in [0.1, 0.15) is 0 Å². The first-order valence-electron chi connectivity index (χ1n) is 7.29. The molecule has 3 nitrogen and oxygen atoms in total. The van der Waals surface area contributed by atoms with E-state index in [0.29, 0.717) is 6.42 Å². The van der Waals surface area contributed by atoms with Gasteiger partial charge in [-0.2, -0.15) is 21.6 Å². The third-order valence-electron chi connectivity index (χ3n) is 3.52. The fraction of sp³-hybridized carbons (Fsp3) is 0.294. The summed E-state index contributed by atoms with van der Waals surface area (Å²) in [5, 5.41) is 0. The molecule has 1 atom stereocenters. The van der Waals surface area contributed by atoms with Crippen molar-refractivity contribution in [3.05, 3.63) is 65.2 Å². The smallest absolute Gasteiger partial charge is 0.248 e. The number of hydrogen-bond donors (Lipinski definition) is 0. The number of alkyl halides is 3. The number of benzene rings is 2. The highest BCUT2D eigenvalue weighted by Crippen LogP contribution is 2.38. The second-order valence-electron chi connectivity index (χ2n) is 5.38. The minimum Gasteiger partial charge on any atom is -0.248 e. The van der Waals surface area contributed by atoms with E-state index in [9.17, 15) is 21.6 Å². The molecule has 2 aromatic rings.